The van der Waals surface area contributed by atoms with Crippen LogP contribution >= 0.6 is 0 Å². The lowest BCUT2D eigenvalue weighted by Crippen LogP contribution is -1.97. The highest BCUT2D eigenvalue weighted by atomic mass is 16.3. The maximum atomic E-state index is 6.56. The Morgan fingerprint density at radius 2 is 0.814 bits per heavy atom. The summed E-state index contributed by atoms with van der Waals surface area (Å²) in [6.07, 6.45) is 0. The van der Waals surface area contributed by atoms with Gasteiger partial charge < -0.3 is 4.42 Å². The van der Waals surface area contributed by atoms with E-state index in [1.165, 1.54) is 38.6 Å². The Hall–Kier alpha value is -7.88. The molecule has 0 unspecified atom stereocenters. The molecular formula is C56H34N2O. The van der Waals surface area contributed by atoms with Crippen LogP contribution in [0.15, 0.2) is 211 Å². The second-order valence-corrected chi connectivity index (χ2v) is 15.3. The van der Waals surface area contributed by atoms with Crippen LogP contribution in [0.5, 0.6) is 0 Å². The van der Waals surface area contributed by atoms with Crippen LogP contribution in [-0.4, -0.2) is 9.97 Å². The number of hydrogen-bond donors (Lipinski definition) is 0. The first-order valence-electron chi connectivity index (χ1n) is 20.1. The zero-order chi connectivity index (χ0) is 38.9. The van der Waals surface area contributed by atoms with Gasteiger partial charge in [0, 0.05) is 33.0 Å². The monoisotopic (exact) mass is 750 g/mol. The quantitative estimate of drug-likeness (QED) is 0.170. The van der Waals surface area contributed by atoms with Crippen molar-refractivity contribution in [2.45, 2.75) is 0 Å². The maximum Gasteiger partial charge on any atom is 0.160 e. The van der Waals surface area contributed by atoms with E-state index < -0.39 is 0 Å². The molecule has 274 valence electrons. The second-order valence-electron chi connectivity index (χ2n) is 15.3. The van der Waals surface area contributed by atoms with Crippen molar-refractivity contribution in [1.29, 1.82) is 0 Å². The van der Waals surface area contributed by atoms with E-state index >= 15 is 0 Å². The number of fused-ring (bicyclic) bond motifs is 6. The number of benzene rings is 9. The van der Waals surface area contributed by atoms with Crippen molar-refractivity contribution in [3.05, 3.63) is 206 Å². The number of aromatic nitrogens is 2. The van der Waals surface area contributed by atoms with Crippen LogP contribution in [0.25, 0.3) is 122 Å². The minimum atomic E-state index is 0.678. The van der Waals surface area contributed by atoms with Gasteiger partial charge >= 0.3 is 0 Å². The average Bonchev–Trinajstić information content (AvgIpc) is 3.86. The molecule has 0 aliphatic heterocycles. The van der Waals surface area contributed by atoms with Gasteiger partial charge in [0.05, 0.1) is 11.4 Å². The van der Waals surface area contributed by atoms with E-state index in [2.05, 4.69) is 176 Å². The van der Waals surface area contributed by atoms with Gasteiger partial charge in [0.25, 0.3) is 0 Å². The number of para-hydroxylation sites is 2. The molecule has 0 atom stereocenters. The van der Waals surface area contributed by atoms with Crippen molar-refractivity contribution in [1.82, 2.24) is 9.97 Å². The molecule has 0 N–H and O–H groups in total. The van der Waals surface area contributed by atoms with Crippen molar-refractivity contribution in [3.8, 4) is 89.5 Å². The Bertz CT molecular complexity index is 3410. The van der Waals surface area contributed by atoms with Crippen molar-refractivity contribution in [3.63, 3.8) is 0 Å². The minimum Gasteiger partial charge on any atom is -0.455 e. The fourth-order valence-electron chi connectivity index (χ4n) is 9.07. The SMILES string of the molecule is c1ccc(-c2cc(-c3cc(-c4cccc(-c5ccc6c7c(cccc57)-c5ccccc5-6)c4)nc(-c4ccccc4)n3)cc(-c3cccc4c3oc3ccccc34)c2)cc1. The van der Waals surface area contributed by atoms with Gasteiger partial charge in [-0.15, -0.1) is 0 Å². The molecule has 1 aliphatic carbocycles. The maximum absolute atomic E-state index is 6.56. The summed E-state index contributed by atoms with van der Waals surface area (Å²) < 4.78 is 6.56. The third-order valence-electron chi connectivity index (χ3n) is 11.8. The first-order valence-corrected chi connectivity index (χ1v) is 20.1. The Balaban J connectivity index is 1.04. The molecule has 2 heterocycles. The summed E-state index contributed by atoms with van der Waals surface area (Å²) in [6, 6.07) is 73.2. The number of hydrogen-bond acceptors (Lipinski definition) is 3. The molecular weight excluding hydrogens is 717 g/mol. The van der Waals surface area contributed by atoms with Gasteiger partial charge in [-0.2, -0.15) is 0 Å². The van der Waals surface area contributed by atoms with Gasteiger partial charge in [-0.3, -0.25) is 0 Å². The standard InChI is InChI=1S/C56H34N2O/c1-3-14-35(15-4-1)39-31-40(43-23-12-26-50-46-22-9-10-27-53(46)59-55(43)50)33-41(32-39)52-34-51(57-56(58-52)36-16-5-2-6-17-36)38-19-11-18-37(30-38)42-28-29-49-45-21-8-7-20-44(45)48-25-13-24-47(42)54(48)49/h1-34H. The van der Waals surface area contributed by atoms with Crippen LogP contribution in [0.1, 0.15) is 0 Å². The molecule has 0 fully saturated rings. The second kappa shape index (κ2) is 13.4. The molecule has 3 heteroatoms. The lowest BCUT2D eigenvalue weighted by Gasteiger charge is -2.14. The van der Waals surface area contributed by atoms with E-state index in [0.29, 0.717) is 5.82 Å². The van der Waals surface area contributed by atoms with Crippen LogP contribution in [0, 0.1) is 0 Å². The zero-order valence-electron chi connectivity index (χ0n) is 31.9. The summed E-state index contributed by atoms with van der Waals surface area (Å²) in [5.41, 5.74) is 18.3. The van der Waals surface area contributed by atoms with Crippen LogP contribution in [0.2, 0.25) is 0 Å². The normalized spacial score (nSPS) is 11.7. The number of rotatable bonds is 6. The molecule has 59 heavy (non-hydrogen) atoms. The third kappa shape index (κ3) is 5.51. The van der Waals surface area contributed by atoms with E-state index in [9.17, 15) is 0 Å². The average molecular weight is 751 g/mol. The van der Waals surface area contributed by atoms with Crippen molar-refractivity contribution in [2.75, 3.05) is 0 Å². The number of furan rings is 1. The fraction of sp³-hybridized carbons (Fsp3) is 0. The highest BCUT2D eigenvalue weighted by Crippen LogP contribution is 2.49. The fourth-order valence-corrected chi connectivity index (χ4v) is 9.07. The third-order valence-corrected chi connectivity index (χ3v) is 11.8. The predicted octanol–water partition coefficient (Wildman–Crippen LogP) is 15.2. The van der Waals surface area contributed by atoms with Gasteiger partial charge in [-0.05, 0) is 97.2 Å². The van der Waals surface area contributed by atoms with Crippen LogP contribution in [0.3, 0.4) is 0 Å². The first-order chi connectivity index (χ1) is 29.2. The van der Waals surface area contributed by atoms with Crippen molar-refractivity contribution in [2.24, 2.45) is 0 Å². The molecule has 11 aromatic rings. The lowest BCUT2D eigenvalue weighted by atomic mass is 9.92. The molecule has 3 nitrogen and oxygen atoms in total. The van der Waals surface area contributed by atoms with E-state index in [1.54, 1.807) is 0 Å². The predicted molar refractivity (Wildman–Crippen MR) is 244 cm³/mol. The zero-order valence-corrected chi connectivity index (χ0v) is 31.9. The molecule has 2 aromatic heterocycles. The van der Waals surface area contributed by atoms with E-state index in [0.717, 1.165) is 77.8 Å². The Morgan fingerprint density at radius 1 is 0.288 bits per heavy atom. The van der Waals surface area contributed by atoms with Crippen LogP contribution in [-0.2, 0) is 0 Å². The first kappa shape index (κ1) is 33.3. The van der Waals surface area contributed by atoms with Crippen LogP contribution in [0.4, 0.5) is 0 Å². The molecule has 0 saturated heterocycles. The number of nitrogens with zero attached hydrogens (tertiary/aromatic N) is 2. The molecule has 0 radical (unpaired) electrons. The smallest absolute Gasteiger partial charge is 0.160 e. The van der Waals surface area contributed by atoms with Gasteiger partial charge in [-0.25, -0.2) is 9.97 Å². The molecule has 0 bridgehead atoms. The Labute approximate surface area is 341 Å². The van der Waals surface area contributed by atoms with E-state index in [1.807, 2.05) is 30.3 Å². The van der Waals surface area contributed by atoms with Gasteiger partial charge in [-0.1, -0.05) is 170 Å². The minimum absolute atomic E-state index is 0.678. The van der Waals surface area contributed by atoms with Gasteiger partial charge in [0.1, 0.15) is 11.2 Å². The Morgan fingerprint density at radius 3 is 1.63 bits per heavy atom. The summed E-state index contributed by atoms with van der Waals surface area (Å²) in [6.45, 7) is 0. The molecule has 12 rings (SSSR count). The highest BCUT2D eigenvalue weighted by molar-refractivity contribution is 6.18. The Kier molecular flexibility index (Phi) is 7.54. The summed E-state index contributed by atoms with van der Waals surface area (Å²) in [4.78, 5) is 10.6. The molecule has 0 spiro atoms. The molecule has 1 aliphatic rings. The van der Waals surface area contributed by atoms with Crippen molar-refractivity contribution < 1.29 is 4.42 Å². The summed E-state index contributed by atoms with van der Waals surface area (Å²) in [5, 5.41) is 4.79. The van der Waals surface area contributed by atoms with Crippen LogP contribution < -0.4 is 0 Å². The van der Waals surface area contributed by atoms with Crippen molar-refractivity contribution >= 4 is 32.7 Å². The molecule has 0 amide bonds. The van der Waals surface area contributed by atoms with Gasteiger partial charge in [0.2, 0.25) is 0 Å². The topological polar surface area (TPSA) is 38.9 Å². The lowest BCUT2D eigenvalue weighted by molar-refractivity contribution is 0.670. The van der Waals surface area contributed by atoms with E-state index in [-0.39, 0.29) is 0 Å². The molecule has 0 saturated carbocycles. The summed E-state index contributed by atoms with van der Waals surface area (Å²) >= 11 is 0. The van der Waals surface area contributed by atoms with Gasteiger partial charge in [0.15, 0.2) is 5.82 Å². The van der Waals surface area contributed by atoms with E-state index in [4.69, 9.17) is 14.4 Å². The highest BCUT2D eigenvalue weighted by Gasteiger charge is 2.23. The largest absolute Gasteiger partial charge is 0.455 e. The summed E-state index contributed by atoms with van der Waals surface area (Å²) in [7, 11) is 0. The summed E-state index contributed by atoms with van der Waals surface area (Å²) in [5.74, 6) is 0.678. The molecule has 9 aromatic carbocycles.